The van der Waals surface area contributed by atoms with Crippen LogP contribution in [0, 0.1) is 0 Å². The molecule has 0 atom stereocenters. The molecule has 84 valence electrons. The number of rotatable bonds is 2. The van der Waals surface area contributed by atoms with Gasteiger partial charge in [0.2, 0.25) is 0 Å². The number of nitrogens with two attached hydrogens (primary N) is 1. The van der Waals surface area contributed by atoms with Crippen molar-refractivity contribution < 1.29 is 4.94 Å². The van der Waals surface area contributed by atoms with Crippen molar-refractivity contribution in [3.05, 3.63) is 59.7 Å². The summed E-state index contributed by atoms with van der Waals surface area (Å²) in [5.74, 6) is 5.07. The molecule has 4 heteroatoms. The predicted molar refractivity (Wildman–Crippen MR) is 65.9 cm³/mol. The third-order valence-electron chi connectivity index (χ3n) is 2.84. The third kappa shape index (κ3) is 1.51. The van der Waals surface area contributed by atoms with Gasteiger partial charge in [0.1, 0.15) is 5.71 Å². The SMILES string of the molecule is NNON=C1c2ccccc2-c2ccccc21. The molecule has 3 N–H and O–H groups in total. The van der Waals surface area contributed by atoms with Gasteiger partial charge in [0.15, 0.2) is 0 Å². The van der Waals surface area contributed by atoms with Gasteiger partial charge in [-0.05, 0) is 11.1 Å². The third-order valence-corrected chi connectivity index (χ3v) is 2.84. The van der Waals surface area contributed by atoms with Crippen molar-refractivity contribution in [3.8, 4) is 11.1 Å². The van der Waals surface area contributed by atoms with Crippen molar-refractivity contribution in [2.45, 2.75) is 0 Å². The molecule has 0 bridgehead atoms. The number of fused-ring (bicyclic) bond motifs is 3. The van der Waals surface area contributed by atoms with Crippen LogP contribution in [0.4, 0.5) is 0 Å². The monoisotopic (exact) mass is 225 g/mol. The van der Waals surface area contributed by atoms with Gasteiger partial charge in [0, 0.05) is 11.1 Å². The lowest BCUT2D eigenvalue weighted by Gasteiger charge is -2.00. The van der Waals surface area contributed by atoms with Crippen LogP contribution < -0.4 is 11.4 Å². The van der Waals surface area contributed by atoms with E-state index in [2.05, 4.69) is 22.9 Å². The van der Waals surface area contributed by atoms with Crippen molar-refractivity contribution in [1.82, 2.24) is 5.59 Å². The summed E-state index contributed by atoms with van der Waals surface area (Å²) in [6, 6.07) is 16.2. The lowest BCUT2D eigenvalue weighted by molar-refractivity contribution is 0.0472. The first-order valence-electron chi connectivity index (χ1n) is 5.30. The van der Waals surface area contributed by atoms with Crippen molar-refractivity contribution >= 4 is 5.71 Å². The van der Waals surface area contributed by atoms with Crippen LogP contribution in [0.25, 0.3) is 11.1 Å². The number of hydrogen-bond acceptors (Lipinski definition) is 4. The summed E-state index contributed by atoms with van der Waals surface area (Å²) in [5, 5.41) is 4.00. The second kappa shape index (κ2) is 4.01. The minimum Gasteiger partial charge on any atom is -0.284 e. The summed E-state index contributed by atoms with van der Waals surface area (Å²) in [6.07, 6.45) is 0. The van der Waals surface area contributed by atoms with E-state index in [0.29, 0.717) is 0 Å². The molecule has 0 radical (unpaired) electrons. The smallest absolute Gasteiger partial charge is 0.121 e. The van der Waals surface area contributed by atoms with Gasteiger partial charge in [-0.15, -0.1) is 0 Å². The Hall–Kier alpha value is -2.17. The average Bonchev–Trinajstić information content (AvgIpc) is 2.71. The van der Waals surface area contributed by atoms with E-state index in [9.17, 15) is 0 Å². The fourth-order valence-corrected chi connectivity index (χ4v) is 2.16. The summed E-state index contributed by atoms with van der Waals surface area (Å²) in [4.78, 5) is 4.75. The van der Waals surface area contributed by atoms with Gasteiger partial charge in [0.05, 0.1) is 0 Å². The maximum Gasteiger partial charge on any atom is 0.121 e. The Bertz CT molecular complexity index is 545. The Kier molecular flexibility index (Phi) is 2.36. The Labute approximate surface area is 98.6 Å². The zero-order chi connectivity index (χ0) is 11.7. The molecule has 0 unspecified atom stereocenters. The highest BCUT2D eigenvalue weighted by Crippen LogP contribution is 2.36. The van der Waals surface area contributed by atoms with Crippen LogP contribution >= 0.6 is 0 Å². The van der Waals surface area contributed by atoms with Crippen LogP contribution in [0.5, 0.6) is 0 Å². The van der Waals surface area contributed by atoms with E-state index in [1.807, 2.05) is 36.4 Å². The molecule has 1 aliphatic rings. The van der Waals surface area contributed by atoms with Gasteiger partial charge >= 0.3 is 0 Å². The Balaban J connectivity index is 2.24. The zero-order valence-electron chi connectivity index (χ0n) is 9.05. The molecule has 0 fully saturated rings. The lowest BCUT2D eigenvalue weighted by Crippen LogP contribution is -2.20. The molecule has 2 aromatic carbocycles. The number of nitrogens with one attached hydrogen (secondary N) is 1. The highest BCUT2D eigenvalue weighted by Gasteiger charge is 2.24. The summed E-state index contributed by atoms with van der Waals surface area (Å²) in [6.45, 7) is 0. The molecule has 3 rings (SSSR count). The van der Waals surface area contributed by atoms with Gasteiger partial charge in [-0.1, -0.05) is 59.3 Å². The van der Waals surface area contributed by atoms with E-state index in [4.69, 9.17) is 10.8 Å². The topological polar surface area (TPSA) is 59.6 Å². The first-order valence-corrected chi connectivity index (χ1v) is 5.30. The average molecular weight is 225 g/mol. The van der Waals surface area contributed by atoms with Gasteiger partial charge in [-0.3, -0.25) is 4.94 Å². The number of oxime groups is 1. The Morgan fingerprint density at radius 3 is 1.76 bits per heavy atom. The Morgan fingerprint density at radius 2 is 1.29 bits per heavy atom. The molecule has 2 aromatic rings. The van der Waals surface area contributed by atoms with E-state index in [1.165, 1.54) is 11.1 Å². The van der Waals surface area contributed by atoms with Gasteiger partial charge in [0.25, 0.3) is 0 Å². The van der Waals surface area contributed by atoms with Crippen molar-refractivity contribution in [3.63, 3.8) is 0 Å². The fourth-order valence-electron chi connectivity index (χ4n) is 2.16. The summed E-state index contributed by atoms with van der Waals surface area (Å²) in [7, 11) is 0. The molecule has 4 nitrogen and oxygen atoms in total. The molecule has 0 aromatic heterocycles. The molecule has 0 saturated heterocycles. The molecule has 0 saturated carbocycles. The molecule has 0 spiro atoms. The van der Waals surface area contributed by atoms with E-state index >= 15 is 0 Å². The first kappa shape index (κ1) is 10.0. The zero-order valence-corrected chi connectivity index (χ0v) is 9.05. The van der Waals surface area contributed by atoms with Crippen LogP contribution in [-0.2, 0) is 4.94 Å². The second-order valence-corrected chi connectivity index (χ2v) is 3.74. The van der Waals surface area contributed by atoms with E-state index in [-0.39, 0.29) is 0 Å². The van der Waals surface area contributed by atoms with E-state index in [1.54, 1.807) is 0 Å². The second-order valence-electron chi connectivity index (χ2n) is 3.74. The van der Waals surface area contributed by atoms with Crippen LogP contribution in [0.1, 0.15) is 11.1 Å². The maximum absolute atomic E-state index is 5.07. The van der Waals surface area contributed by atoms with Gasteiger partial charge in [-0.25, -0.2) is 5.84 Å². The van der Waals surface area contributed by atoms with Gasteiger partial charge < -0.3 is 0 Å². The summed E-state index contributed by atoms with van der Waals surface area (Å²) < 4.78 is 0. The molecule has 1 aliphatic carbocycles. The molecule has 17 heavy (non-hydrogen) atoms. The van der Waals surface area contributed by atoms with E-state index < -0.39 is 0 Å². The van der Waals surface area contributed by atoms with Gasteiger partial charge in [-0.2, -0.15) is 0 Å². The molecule has 0 aliphatic heterocycles. The largest absolute Gasteiger partial charge is 0.284 e. The minimum atomic E-state index is 0.800. The molecule has 0 amide bonds. The standard InChI is InChI=1S/C13H11N3O/c14-16-17-15-13-11-7-3-1-5-9(11)10-6-2-4-8-12(10)13/h1-8,16H,14H2. The maximum atomic E-state index is 5.07. The highest BCUT2D eigenvalue weighted by atomic mass is 16.8. The summed E-state index contributed by atoms with van der Waals surface area (Å²) in [5.41, 5.74) is 7.33. The Morgan fingerprint density at radius 1 is 0.824 bits per heavy atom. The van der Waals surface area contributed by atoms with Crippen LogP contribution in [0.15, 0.2) is 53.7 Å². The minimum absolute atomic E-state index is 0.800. The highest BCUT2D eigenvalue weighted by molar-refractivity contribution is 6.24. The van der Waals surface area contributed by atoms with Crippen LogP contribution in [0.3, 0.4) is 0 Å². The lowest BCUT2D eigenvalue weighted by atomic mass is 10.1. The van der Waals surface area contributed by atoms with Crippen molar-refractivity contribution in [2.24, 2.45) is 11.0 Å². The molecular weight excluding hydrogens is 214 g/mol. The predicted octanol–water partition coefficient (Wildman–Crippen LogP) is 1.81. The molecular formula is C13H11N3O. The fraction of sp³-hybridized carbons (Fsp3) is 0. The number of nitrogens with zero attached hydrogens (tertiary/aromatic N) is 1. The normalized spacial score (nSPS) is 11.9. The number of hydrazine groups is 1. The van der Waals surface area contributed by atoms with Crippen LogP contribution in [0.2, 0.25) is 0 Å². The van der Waals surface area contributed by atoms with Crippen LogP contribution in [-0.4, -0.2) is 5.71 Å². The van der Waals surface area contributed by atoms with Crippen molar-refractivity contribution in [2.75, 3.05) is 0 Å². The first-order chi connectivity index (χ1) is 8.42. The molecule has 0 heterocycles. The van der Waals surface area contributed by atoms with E-state index in [0.717, 1.165) is 16.8 Å². The number of hydrogen-bond donors (Lipinski definition) is 2. The number of benzene rings is 2. The quantitative estimate of drug-likeness (QED) is 0.516. The van der Waals surface area contributed by atoms with Crippen molar-refractivity contribution in [1.29, 1.82) is 0 Å². The summed E-state index contributed by atoms with van der Waals surface area (Å²) >= 11 is 0.